The zero-order valence-electron chi connectivity index (χ0n) is 15.5. The molecule has 0 aliphatic carbocycles. The first-order valence-corrected chi connectivity index (χ1v) is 9.28. The minimum absolute atomic E-state index is 0.268. The molecule has 0 fully saturated rings. The number of nitrogens with one attached hydrogen (secondary N) is 1. The summed E-state index contributed by atoms with van der Waals surface area (Å²) in [7, 11) is 1.56. The maximum atomic E-state index is 12.1. The van der Waals surface area contributed by atoms with Crippen LogP contribution in [-0.4, -0.2) is 38.4 Å². The largest absolute Gasteiger partial charge is 0.496 e. The van der Waals surface area contributed by atoms with Gasteiger partial charge in [-0.2, -0.15) is 0 Å². The van der Waals surface area contributed by atoms with Gasteiger partial charge in [0.1, 0.15) is 10.8 Å². The van der Waals surface area contributed by atoms with E-state index in [-0.39, 0.29) is 13.2 Å². The van der Waals surface area contributed by atoms with Crippen molar-refractivity contribution >= 4 is 34.4 Å². The van der Waals surface area contributed by atoms with Crippen molar-refractivity contribution in [3.8, 4) is 5.75 Å². The Labute approximate surface area is 161 Å². The lowest BCUT2D eigenvalue weighted by Crippen LogP contribution is -2.18. The van der Waals surface area contributed by atoms with E-state index in [9.17, 15) is 9.59 Å². The molecule has 1 aromatic carbocycles. The van der Waals surface area contributed by atoms with Gasteiger partial charge in [-0.25, -0.2) is 4.79 Å². The predicted molar refractivity (Wildman–Crippen MR) is 105 cm³/mol. The number of thiophene rings is 1. The summed E-state index contributed by atoms with van der Waals surface area (Å²) >= 11 is 1.34. The van der Waals surface area contributed by atoms with Crippen LogP contribution in [0.3, 0.4) is 0 Å². The Morgan fingerprint density at radius 3 is 2.74 bits per heavy atom. The summed E-state index contributed by atoms with van der Waals surface area (Å²) in [5.41, 5.74) is 1.08. The van der Waals surface area contributed by atoms with E-state index in [1.807, 2.05) is 25.1 Å². The number of aryl methyl sites for hydroxylation is 1. The number of benzene rings is 1. The number of carbonyl (C=O) groups is 2. The van der Waals surface area contributed by atoms with Crippen LogP contribution in [0.5, 0.6) is 5.75 Å². The van der Waals surface area contributed by atoms with E-state index in [0.717, 1.165) is 16.9 Å². The van der Waals surface area contributed by atoms with E-state index in [0.29, 0.717) is 16.3 Å². The first-order chi connectivity index (χ1) is 13.1. The zero-order valence-corrected chi connectivity index (χ0v) is 16.3. The molecule has 0 atom stereocenters. The van der Waals surface area contributed by atoms with Gasteiger partial charge in [0.05, 0.1) is 25.5 Å². The fourth-order valence-electron chi connectivity index (χ4n) is 2.20. The number of methoxy groups -OCH3 is 1. The van der Waals surface area contributed by atoms with Gasteiger partial charge >= 0.3 is 5.97 Å². The molecule has 2 aromatic rings. The number of para-hydroxylation sites is 1. The lowest BCUT2D eigenvalue weighted by molar-refractivity contribution is -0.120. The summed E-state index contributed by atoms with van der Waals surface area (Å²) in [6.07, 6.45) is 2.23. The molecular formula is C19H22N2O5S. The Kier molecular flexibility index (Phi) is 7.81. The number of hydrogen-bond acceptors (Lipinski definition) is 7. The van der Waals surface area contributed by atoms with Crippen molar-refractivity contribution in [2.24, 2.45) is 5.16 Å². The molecule has 27 heavy (non-hydrogen) atoms. The first-order valence-electron chi connectivity index (χ1n) is 8.47. The molecule has 0 unspecified atom stereocenters. The van der Waals surface area contributed by atoms with E-state index in [4.69, 9.17) is 14.3 Å². The molecule has 0 aliphatic rings. The summed E-state index contributed by atoms with van der Waals surface area (Å²) < 4.78 is 10.2. The Morgan fingerprint density at radius 2 is 2.04 bits per heavy atom. The number of hydrogen-bond donors (Lipinski definition) is 1. The van der Waals surface area contributed by atoms with Gasteiger partial charge in [0.2, 0.25) is 0 Å². The zero-order chi connectivity index (χ0) is 19.6. The molecule has 0 radical (unpaired) electrons. The standard InChI is InChI=1S/C19H22N2O5S/c1-4-14-10-15(19(23)25-5-2)18(27-14)21-17(22)12-26-20-11-13-8-6-7-9-16(13)24-3/h6-11H,4-5,12H2,1-3H3,(H,21,22)/b20-11-. The number of ether oxygens (including phenoxy) is 2. The maximum Gasteiger partial charge on any atom is 0.341 e. The van der Waals surface area contributed by atoms with E-state index >= 15 is 0 Å². The molecule has 1 amide bonds. The van der Waals surface area contributed by atoms with Gasteiger partial charge in [0.25, 0.3) is 5.91 Å². The maximum absolute atomic E-state index is 12.1. The van der Waals surface area contributed by atoms with Gasteiger partial charge in [-0.05, 0) is 31.5 Å². The van der Waals surface area contributed by atoms with Crippen LogP contribution in [0.2, 0.25) is 0 Å². The topological polar surface area (TPSA) is 86.2 Å². The highest BCUT2D eigenvalue weighted by Gasteiger charge is 2.18. The van der Waals surface area contributed by atoms with Crippen LogP contribution in [0.15, 0.2) is 35.5 Å². The van der Waals surface area contributed by atoms with Crippen LogP contribution < -0.4 is 10.1 Å². The number of esters is 1. The average molecular weight is 390 g/mol. The number of rotatable bonds is 9. The molecule has 0 aliphatic heterocycles. The van der Waals surface area contributed by atoms with Gasteiger partial charge in [0.15, 0.2) is 6.61 Å². The molecule has 8 heteroatoms. The smallest absolute Gasteiger partial charge is 0.341 e. The van der Waals surface area contributed by atoms with Crippen molar-refractivity contribution in [1.29, 1.82) is 0 Å². The molecule has 7 nitrogen and oxygen atoms in total. The second kappa shape index (κ2) is 10.3. The van der Waals surface area contributed by atoms with E-state index < -0.39 is 11.9 Å². The monoisotopic (exact) mass is 390 g/mol. The minimum Gasteiger partial charge on any atom is -0.496 e. The Hall–Kier alpha value is -2.87. The Balaban J connectivity index is 1.95. The quantitative estimate of drug-likeness (QED) is 0.402. The first kappa shape index (κ1) is 20.4. The third-order valence-electron chi connectivity index (χ3n) is 3.48. The predicted octanol–water partition coefficient (Wildman–Crippen LogP) is 3.49. The molecular weight excluding hydrogens is 368 g/mol. The molecule has 0 saturated carbocycles. The number of carbonyl (C=O) groups excluding carboxylic acids is 2. The lowest BCUT2D eigenvalue weighted by Gasteiger charge is -2.05. The van der Waals surface area contributed by atoms with Crippen molar-refractivity contribution in [2.45, 2.75) is 20.3 Å². The normalized spacial score (nSPS) is 10.6. The second-order valence-electron chi connectivity index (χ2n) is 5.33. The van der Waals surface area contributed by atoms with Crippen LogP contribution in [0, 0.1) is 0 Å². The molecule has 0 spiro atoms. The molecule has 0 bridgehead atoms. The van der Waals surface area contributed by atoms with Crippen LogP contribution in [-0.2, 0) is 20.8 Å². The Bertz CT molecular complexity index is 816. The minimum atomic E-state index is -0.459. The molecule has 144 valence electrons. The van der Waals surface area contributed by atoms with Crippen molar-refractivity contribution < 1.29 is 23.9 Å². The fourth-order valence-corrected chi connectivity index (χ4v) is 3.20. The number of anilines is 1. The lowest BCUT2D eigenvalue weighted by atomic mass is 10.2. The number of nitrogens with zero attached hydrogens (tertiary/aromatic N) is 1. The van der Waals surface area contributed by atoms with Gasteiger partial charge in [0, 0.05) is 10.4 Å². The summed E-state index contributed by atoms with van der Waals surface area (Å²) in [5.74, 6) is -0.222. The highest BCUT2D eigenvalue weighted by atomic mass is 32.1. The van der Waals surface area contributed by atoms with Crippen molar-refractivity contribution in [1.82, 2.24) is 0 Å². The van der Waals surface area contributed by atoms with Crippen LogP contribution in [0.4, 0.5) is 5.00 Å². The Morgan fingerprint density at radius 1 is 1.26 bits per heavy atom. The van der Waals surface area contributed by atoms with Crippen molar-refractivity contribution in [3.63, 3.8) is 0 Å². The van der Waals surface area contributed by atoms with Crippen LogP contribution in [0.25, 0.3) is 0 Å². The van der Waals surface area contributed by atoms with E-state index in [1.54, 1.807) is 26.2 Å². The second-order valence-corrected chi connectivity index (χ2v) is 6.46. The average Bonchev–Trinajstić information content (AvgIpc) is 3.08. The van der Waals surface area contributed by atoms with E-state index in [1.165, 1.54) is 17.6 Å². The summed E-state index contributed by atoms with van der Waals surface area (Å²) in [5, 5.41) is 6.92. The molecule has 1 heterocycles. The highest BCUT2D eigenvalue weighted by molar-refractivity contribution is 7.16. The highest BCUT2D eigenvalue weighted by Crippen LogP contribution is 2.29. The summed E-state index contributed by atoms with van der Waals surface area (Å²) in [6, 6.07) is 9.04. The van der Waals surface area contributed by atoms with Gasteiger partial charge < -0.3 is 19.6 Å². The van der Waals surface area contributed by atoms with Gasteiger partial charge in [-0.15, -0.1) is 11.3 Å². The SMILES string of the molecule is CCOC(=O)c1cc(CC)sc1NC(=O)CO/N=C\c1ccccc1OC. The molecule has 2 rings (SSSR count). The summed E-state index contributed by atoms with van der Waals surface area (Å²) in [4.78, 5) is 30.1. The third kappa shape index (κ3) is 5.82. The van der Waals surface area contributed by atoms with Crippen LogP contribution >= 0.6 is 11.3 Å². The van der Waals surface area contributed by atoms with Gasteiger partial charge in [-0.3, -0.25) is 4.79 Å². The third-order valence-corrected chi connectivity index (χ3v) is 4.68. The fraction of sp³-hybridized carbons (Fsp3) is 0.316. The number of amides is 1. The van der Waals surface area contributed by atoms with Crippen LogP contribution in [0.1, 0.15) is 34.6 Å². The van der Waals surface area contributed by atoms with Crippen molar-refractivity contribution in [2.75, 3.05) is 25.6 Å². The molecule has 1 aromatic heterocycles. The molecule has 0 saturated heterocycles. The van der Waals surface area contributed by atoms with Crippen molar-refractivity contribution in [3.05, 3.63) is 46.3 Å². The molecule has 1 N–H and O–H groups in total. The van der Waals surface area contributed by atoms with E-state index in [2.05, 4.69) is 10.5 Å². The summed E-state index contributed by atoms with van der Waals surface area (Å²) in [6.45, 7) is 3.69. The number of oxime groups is 1. The van der Waals surface area contributed by atoms with Gasteiger partial charge in [-0.1, -0.05) is 24.2 Å².